The molecule has 0 aliphatic rings. The van der Waals surface area contributed by atoms with Crippen molar-refractivity contribution in [2.75, 3.05) is 0 Å². The quantitative estimate of drug-likeness (QED) is 0.618. The van der Waals surface area contributed by atoms with Crippen molar-refractivity contribution < 1.29 is 29.3 Å². The predicted octanol–water partition coefficient (Wildman–Crippen LogP) is 1.46. The van der Waals surface area contributed by atoms with Gasteiger partial charge in [0.2, 0.25) is 0 Å². The van der Waals surface area contributed by atoms with Crippen molar-refractivity contribution in [3.8, 4) is 5.75 Å². The van der Waals surface area contributed by atoms with E-state index in [0.29, 0.717) is 0 Å². The molecule has 114 valence electrons. The Balaban J connectivity index is 0.000000396. The fourth-order valence-corrected chi connectivity index (χ4v) is 1.04. The second kappa shape index (κ2) is 7.37. The van der Waals surface area contributed by atoms with Gasteiger partial charge in [0.1, 0.15) is 5.75 Å². The van der Waals surface area contributed by atoms with Gasteiger partial charge in [-0.2, -0.15) is 0 Å². The van der Waals surface area contributed by atoms with E-state index in [1.165, 1.54) is 18.2 Å². The van der Waals surface area contributed by atoms with E-state index in [1.54, 1.807) is 27.7 Å². The zero-order chi connectivity index (χ0) is 16.1. The molecule has 0 heterocycles. The Kier molecular flexibility index (Phi) is 7.13. The minimum Gasteiger partial charge on any atom is -0.510 e. The first-order chi connectivity index (χ1) is 8.86. The van der Waals surface area contributed by atoms with Crippen LogP contribution in [0.3, 0.4) is 0 Å². The Morgan fingerprint density at radius 1 is 1.10 bits per heavy atom. The normalized spacial score (nSPS) is 11.5. The molecule has 0 unspecified atom stereocenters. The van der Waals surface area contributed by atoms with Crippen LogP contribution in [0.25, 0.3) is 0 Å². The molecule has 1 aromatic rings. The van der Waals surface area contributed by atoms with Crippen molar-refractivity contribution in [2.24, 2.45) is 0 Å². The molecule has 0 radical (unpaired) electrons. The van der Waals surface area contributed by atoms with Gasteiger partial charge in [-0.15, -0.1) is 0 Å². The van der Waals surface area contributed by atoms with E-state index in [9.17, 15) is 4.39 Å². The molecule has 0 saturated heterocycles. The van der Waals surface area contributed by atoms with Crippen molar-refractivity contribution in [1.82, 2.24) is 0 Å². The van der Waals surface area contributed by atoms with Gasteiger partial charge in [0, 0.05) is 0 Å². The van der Waals surface area contributed by atoms with E-state index in [2.05, 4.69) is 20.6 Å². The maximum absolute atomic E-state index is 13.0. The average molecular weight is 353 g/mol. The molecule has 8 heteroatoms. The highest BCUT2D eigenvalue weighted by atomic mass is 79.9. The molecule has 0 atom stereocenters. The maximum atomic E-state index is 13.0. The molecule has 1 aromatic carbocycles. The number of aliphatic hydroxyl groups is 2. The van der Waals surface area contributed by atoms with Crippen LogP contribution in [0.2, 0.25) is 0 Å². The highest BCUT2D eigenvalue weighted by molar-refractivity contribution is 9.10. The van der Waals surface area contributed by atoms with E-state index in [1.807, 2.05) is 0 Å². The van der Waals surface area contributed by atoms with Crippen LogP contribution in [0.5, 0.6) is 5.75 Å². The number of halogens is 2. The van der Waals surface area contributed by atoms with Crippen molar-refractivity contribution >= 4 is 23.3 Å². The first kappa shape index (κ1) is 19.3. The summed E-state index contributed by atoms with van der Waals surface area (Å²) in [6.07, 6.45) is 0. The summed E-state index contributed by atoms with van der Waals surface area (Å²) in [6, 6.07) is 4.29. The third-order valence-corrected chi connectivity index (χ3v) is 3.26. The fraction of sp³-hybridized carbons (Fsp3) is 0.500. The summed E-state index contributed by atoms with van der Waals surface area (Å²) in [6.45, 7) is 6.31. The van der Waals surface area contributed by atoms with Crippen LogP contribution in [0.15, 0.2) is 22.7 Å². The van der Waals surface area contributed by atoms with Crippen molar-refractivity contribution in [2.45, 2.75) is 38.9 Å². The molecule has 4 N–H and O–H groups in total. The molecule has 0 amide bonds. The summed E-state index contributed by atoms with van der Waals surface area (Å²) >= 11 is 2.92. The Morgan fingerprint density at radius 2 is 1.55 bits per heavy atom. The van der Waals surface area contributed by atoms with Crippen LogP contribution in [-0.2, 0) is 0 Å². The van der Waals surface area contributed by atoms with Gasteiger partial charge < -0.3 is 24.9 Å². The lowest BCUT2D eigenvalue weighted by Crippen LogP contribution is -2.44. The van der Waals surface area contributed by atoms with E-state index < -0.39 is 24.3 Å². The van der Waals surface area contributed by atoms with Crippen molar-refractivity contribution in [3.63, 3.8) is 0 Å². The third-order valence-electron chi connectivity index (χ3n) is 2.65. The molecule has 0 aliphatic carbocycles. The molecule has 5 nitrogen and oxygen atoms in total. The molecule has 1 rings (SSSR count). The molecule has 0 aliphatic heterocycles. The second-order valence-electron chi connectivity index (χ2n) is 5.11. The summed E-state index contributed by atoms with van der Waals surface area (Å²) in [5, 5.41) is 35.0. The van der Waals surface area contributed by atoms with Crippen LogP contribution >= 0.6 is 15.9 Å². The Hall–Kier alpha value is -0.665. The van der Waals surface area contributed by atoms with E-state index in [4.69, 9.17) is 20.3 Å². The number of rotatable bonds is 3. The van der Waals surface area contributed by atoms with Crippen LogP contribution in [-0.4, -0.2) is 38.8 Å². The molecule has 20 heavy (non-hydrogen) atoms. The van der Waals surface area contributed by atoms with Crippen LogP contribution in [0, 0.1) is 5.82 Å². The van der Waals surface area contributed by atoms with Gasteiger partial charge in [-0.25, -0.2) is 4.39 Å². The Bertz CT molecular complexity index is 417. The smallest absolute Gasteiger partial charge is 0.510 e. The largest absolute Gasteiger partial charge is 0.707 e. The summed E-state index contributed by atoms with van der Waals surface area (Å²) in [5.74, 6) is -0.870. The lowest BCUT2D eigenvalue weighted by Gasteiger charge is -2.31. The molecule has 0 bridgehead atoms. The van der Waals surface area contributed by atoms with E-state index >= 15 is 0 Å². The average Bonchev–Trinajstić information content (AvgIpc) is 2.22. The first-order valence-corrected chi connectivity index (χ1v) is 6.57. The highest BCUT2D eigenvalue weighted by Gasteiger charge is 2.31. The summed E-state index contributed by atoms with van der Waals surface area (Å²) in [4.78, 5) is 0. The minimum atomic E-state index is -2.01. The maximum Gasteiger partial charge on any atom is 0.707 e. The van der Waals surface area contributed by atoms with Gasteiger partial charge in [-0.3, -0.25) is 0 Å². The van der Waals surface area contributed by atoms with Gasteiger partial charge in [-0.1, -0.05) is 6.07 Å². The topological polar surface area (TPSA) is 90.2 Å². The first-order valence-electron chi connectivity index (χ1n) is 5.78. The zero-order valence-corrected chi connectivity index (χ0v) is 13.3. The van der Waals surface area contributed by atoms with Crippen LogP contribution in [0.1, 0.15) is 27.7 Å². The zero-order valence-electron chi connectivity index (χ0n) is 11.8. The molecule has 0 saturated carbocycles. The van der Waals surface area contributed by atoms with E-state index in [-0.39, 0.29) is 10.2 Å². The van der Waals surface area contributed by atoms with Gasteiger partial charge in [0.25, 0.3) is 0 Å². The molecule has 0 spiro atoms. The minimum absolute atomic E-state index is 0.209. The lowest BCUT2D eigenvalue weighted by atomic mass is 9.90. The molecule has 0 fully saturated rings. The third kappa shape index (κ3) is 6.67. The molecule has 0 aromatic heterocycles. The number of hydrogen-bond donors (Lipinski definition) is 4. The molecular formula is C12H19BBrFO5. The van der Waals surface area contributed by atoms with Crippen molar-refractivity contribution in [1.29, 1.82) is 0 Å². The number of benzene rings is 1. The lowest BCUT2D eigenvalue weighted by molar-refractivity contribution is -0.107. The second-order valence-corrected chi connectivity index (χ2v) is 5.97. The Labute approximate surface area is 126 Å². The van der Waals surface area contributed by atoms with Gasteiger partial charge in [-0.05, 0) is 55.8 Å². The predicted molar refractivity (Wildman–Crippen MR) is 77.5 cm³/mol. The fourth-order valence-electron chi connectivity index (χ4n) is 0.689. The highest BCUT2D eigenvalue weighted by Crippen LogP contribution is 2.24. The monoisotopic (exact) mass is 352 g/mol. The van der Waals surface area contributed by atoms with Gasteiger partial charge in [0.05, 0.1) is 15.7 Å². The number of hydrogen-bond acceptors (Lipinski definition) is 5. The summed E-state index contributed by atoms with van der Waals surface area (Å²) < 4.78 is 17.5. The van der Waals surface area contributed by atoms with Crippen molar-refractivity contribution in [3.05, 3.63) is 28.5 Å². The van der Waals surface area contributed by atoms with E-state index in [0.717, 1.165) is 0 Å². The van der Waals surface area contributed by atoms with Crippen LogP contribution < -0.4 is 4.65 Å². The summed E-state index contributed by atoms with van der Waals surface area (Å²) in [5.41, 5.74) is -2.01. The standard InChI is InChI=1S/C6H5BBrFO3.C6H14O2/c8-4-2-1-3-5(6(4)9)12-7(10)11;1-5(2,7)6(3,4)8/h1-3,10-11H;7-8H,1-4H3. The van der Waals surface area contributed by atoms with Gasteiger partial charge in [0.15, 0.2) is 5.82 Å². The Morgan fingerprint density at radius 3 is 1.90 bits per heavy atom. The van der Waals surface area contributed by atoms with Crippen LogP contribution in [0.4, 0.5) is 4.39 Å². The summed E-state index contributed by atoms with van der Waals surface area (Å²) in [7, 11) is -2.01. The van der Waals surface area contributed by atoms with Gasteiger partial charge >= 0.3 is 7.32 Å². The SMILES string of the molecule is CC(C)(O)C(C)(C)O.OB(O)Oc1cccc(Br)c1F. The molecular weight excluding hydrogens is 334 g/mol.